The van der Waals surface area contributed by atoms with Gasteiger partial charge in [0, 0.05) is 6.42 Å². The Bertz CT molecular complexity index is 1040. The van der Waals surface area contributed by atoms with Crippen LogP contribution < -0.4 is 4.72 Å². The lowest BCUT2D eigenvalue weighted by molar-refractivity contribution is -0.118. The molecule has 0 bridgehead atoms. The molecule has 1 heterocycles. The summed E-state index contributed by atoms with van der Waals surface area (Å²) >= 11 is 0. The molecule has 2 aromatic carbocycles. The number of amides is 1. The number of carbonyl (C=O) groups is 3. The number of hydrogen-bond acceptors (Lipinski definition) is 6. The molecule has 1 atom stereocenters. The number of sulfonamides is 1. The predicted molar refractivity (Wildman–Crippen MR) is 107 cm³/mol. The average Bonchev–Trinajstić information content (AvgIpc) is 2.98. The SMILES string of the molecule is O=C1CC(CCCc2ccc(C(=O)OCc3ccc(C(=O)O)cc3)cc2)S(=O)(=O)N1. The number of carboxylic acid groups (broad SMARTS) is 1. The first-order chi connectivity index (χ1) is 14.2. The van der Waals surface area contributed by atoms with Crippen molar-refractivity contribution in [3.05, 3.63) is 70.8 Å². The highest BCUT2D eigenvalue weighted by atomic mass is 32.2. The van der Waals surface area contributed by atoms with Crippen LogP contribution in [-0.4, -0.2) is 36.6 Å². The van der Waals surface area contributed by atoms with Crippen molar-refractivity contribution < 1.29 is 32.6 Å². The van der Waals surface area contributed by atoms with E-state index in [1.165, 1.54) is 12.1 Å². The number of carboxylic acids is 1. The third-order valence-corrected chi connectivity index (χ3v) is 6.65. The van der Waals surface area contributed by atoms with Crippen molar-refractivity contribution in [2.75, 3.05) is 0 Å². The minimum absolute atomic E-state index is 0.00610. The highest BCUT2D eigenvalue weighted by Crippen LogP contribution is 2.19. The number of rotatable bonds is 8. The van der Waals surface area contributed by atoms with Crippen molar-refractivity contribution in [3.63, 3.8) is 0 Å². The Hall–Kier alpha value is -3.20. The minimum atomic E-state index is -3.53. The van der Waals surface area contributed by atoms with Gasteiger partial charge < -0.3 is 9.84 Å². The smallest absolute Gasteiger partial charge is 0.338 e. The van der Waals surface area contributed by atoms with E-state index in [2.05, 4.69) is 0 Å². The summed E-state index contributed by atoms with van der Waals surface area (Å²) in [7, 11) is -3.53. The molecule has 0 saturated carbocycles. The molecule has 0 radical (unpaired) electrons. The standard InChI is InChI=1S/C21H21NO7S/c23-19-12-18(30(27,28)22-19)3-1-2-14-4-10-17(11-5-14)21(26)29-13-15-6-8-16(9-7-15)20(24)25/h4-11,18H,1-3,12-13H2,(H,22,23)(H,24,25). The van der Waals surface area contributed by atoms with Crippen LogP contribution in [0.1, 0.15) is 51.1 Å². The minimum Gasteiger partial charge on any atom is -0.478 e. The van der Waals surface area contributed by atoms with Gasteiger partial charge in [-0.2, -0.15) is 0 Å². The third kappa shape index (κ3) is 5.44. The van der Waals surface area contributed by atoms with Gasteiger partial charge >= 0.3 is 11.9 Å². The van der Waals surface area contributed by atoms with Gasteiger partial charge in [-0.25, -0.2) is 18.0 Å². The molecule has 9 heteroatoms. The first-order valence-electron chi connectivity index (χ1n) is 9.37. The number of benzene rings is 2. The zero-order valence-corrected chi connectivity index (χ0v) is 16.9. The second-order valence-corrected chi connectivity index (χ2v) is 9.02. The lowest BCUT2D eigenvalue weighted by atomic mass is 10.0. The second-order valence-electron chi connectivity index (χ2n) is 7.06. The van der Waals surface area contributed by atoms with E-state index in [9.17, 15) is 22.8 Å². The van der Waals surface area contributed by atoms with Gasteiger partial charge in [0.2, 0.25) is 15.9 Å². The maximum absolute atomic E-state index is 12.2. The molecule has 30 heavy (non-hydrogen) atoms. The summed E-state index contributed by atoms with van der Waals surface area (Å²) < 4.78 is 30.7. The van der Waals surface area contributed by atoms with Gasteiger partial charge in [0.25, 0.3) is 0 Å². The Balaban J connectivity index is 1.47. The van der Waals surface area contributed by atoms with Crippen LogP contribution in [0.2, 0.25) is 0 Å². The maximum atomic E-state index is 12.2. The highest BCUT2D eigenvalue weighted by molar-refractivity contribution is 7.91. The van der Waals surface area contributed by atoms with Crippen LogP contribution in [0.5, 0.6) is 0 Å². The molecular formula is C21H21NO7S. The van der Waals surface area contributed by atoms with Crippen LogP contribution in [0.15, 0.2) is 48.5 Å². The summed E-state index contributed by atoms with van der Waals surface area (Å²) in [6.45, 7) is 0.0309. The average molecular weight is 431 g/mol. The molecule has 2 N–H and O–H groups in total. The van der Waals surface area contributed by atoms with Gasteiger partial charge in [0.1, 0.15) is 6.61 Å². The number of aromatic carboxylic acids is 1. The zero-order valence-electron chi connectivity index (χ0n) is 16.0. The van der Waals surface area contributed by atoms with Crippen LogP contribution in [0.4, 0.5) is 0 Å². The van der Waals surface area contributed by atoms with Gasteiger partial charge in [-0.1, -0.05) is 24.3 Å². The first-order valence-corrected chi connectivity index (χ1v) is 10.9. The monoisotopic (exact) mass is 431 g/mol. The highest BCUT2D eigenvalue weighted by Gasteiger charge is 2.35. The van der Waals surface area contributed by atoms with Crippen molar-refractivity contribution in [2.45, 2.75) is 37.5 Å². The van der Waals surface area contributed by atoms with Crippen LogP contribution >= 0.6 is 0 Å². The van der Waals surface area contributed by atoms with Gasteiger partial charge in [-0.05, 0) is 54.7 Å². The van der Waals surface area contributed by atoms with Gasteiger partial charge in [-0.3, -0.25) is 9.52 Å². The van der Waals surface area contributed by atoms with E-state index in [0.29, 0.717) is 30.4 Å². The van der Waals surface area contributed by atoms with E-state index in [-0.39, 0.29) is 18.6 Å². The Morgan fingerprint density at radius 3 is 2.17 bits per heavy atom. The van der Waals surface area contributed by atoms with E-state index in [1.54, 1.807) is 36.4 Å². The van der Waals surface area contributed by atoms with Crippen molar-refractivity contribution >= 4 is 27.9 Å². The van der Waals surface area contributed by atoms with Crippen molar-refractivity contribution in [1.82, 2.24) is 4.72 Å². The number of ether oxygens (including phenoxy) is 1. The summed E-state index contributed by atoms with van der Waals surface area (Å²) in [4.78, 5) is 34.2. The topological polar surface area (TPSA) is 127 Å². The quantitative estimate of drug-likeness (QED) is 0.614. The Labute approximate surface area is 173 Å². The van der Waals surface area contributed by atoms with Crippen molar-refractivity contribution in [1.29, 1.82) is 0 Å². The fourth-order valence-corrected chi connectivity index (χ4v) is 4.59. The second kappa shape index (κ2) is 9.08. The molecule has 158 valence electrons. The summed E-state index contributed by atoms with van der Waals surface area (Å²) in [5.74, 6) is -1.97. The summed E-state index contributed by atoms with van der Waals surface area (Å²) in [5.41, 5.74) is 2.17. The molecule has 0 aliphatic carbocycles. The number of aryl methyl sites for hydroxylation is 1. The molecule has 1 aliphatic rings. The summed E-state index contributed by atoms with van der Waals surface area (Å²) in [6, 6.07) is 12.9. The van der Waals surface area contributed by atoms with Gasteiger partial charge in [0.15, 0.2) is 0 Å². The Morgan fingerprint density at radius 2 is 1.60 bits per heavy atom. The van der Waals surface area contributed by atoms with Crippen LogP contribution in [0, 0.1) is 0 Å². The van der Waals surface area contributed by atoms with E-state index in [1.807, 2.05) is 4.72 Å². The van der Waals surface area contributed by atoms with Gasteiger partial charge in [0.05, 0.1) is 16.4 Å². The zero-order chi connectivity index (χ0) is 21.7. The van der Waals surface area contributed by atoms with Crippen LogP contribution in [0.25, 0.3) is 0 Å². The Kier molecular flexibility index (Phi) is 6.51. The van der Waals surface area contributed by atoms with E-state index < -0.39 is 33.1 Å². The van der Waals surface area contributed by atoms with E-state index in [4.69, 9.17) is 9.84 Å². The third-order valence-electron chi connectivity index (χ3n) is 4.86. The molecule has 1 unspecified atom stereocenters. The fourth-order valence-electron chi connectivity index (χ4n) is 3.17. The van der Waals surface area contributed by atoms with Crippen LogP contribution in [0.3, 0.4) is 0 Å². The number of hydrogen-bond donors (Lipinski definition) is 2. The molecule has 8 nitrogen and oxygen atoms in total. The molecule has 0 aromatic heterocycles. The number of nitrogens with one attached hydrogen (secondary N) is 1. The molecule has 1 fully saturated rings. The van der Waals surface area contributed by atoms with Crippen LogP contribution in [-0.2, 0) is 32.6 Å². The first kappa shape index (κ1) is 21.5. The lowest BCUT2D eigenvalue weighted by Crippen LogP contribution is -2.24. The largest absolute Gasteiger partial charge is 0.478 e. The normalized spacial score (nSPS) is 17.3. The molecule has 0 spiro atoms. The number of carbonyl (C=O) groups excluding carboxylic acids is 2. The van der Waals surface area contributed by atoms with Crippen molar-refractivity contribution in [2.24, 2.45) is 0 Å². The lowest BCUT2D eigenvalue weighted by Gasteiger charge is -2.08. The molecule has 1 saturated heterocycles. The molecular weight excluding hydrogens is 410 g/mol. The molecule has 2 aromatic rings. The van der Waals surface area contributed by atoms with E-state index in [0.717, 1.165) is 5.56 Å². The van der Waals surface area contributed by atoms with E-state index >= 15 is 0 Å². The predicted octanol–water partition coefficient (Wildman–Crippen LogP) is 2.28. The number of esters is 1. The maximum Gasteiger partial charge on any atom is 0.338 e. The molecule has 3 rings (SSSR count). The Morgan fingerprint density at radius 1 is 1.00 bits per heavy atom. The molecule has 1 aliphatic heterocycles. The summed E-state index contributed by atoms with van der Waals surface area (Å²) in [5, 5.41) is 8.20. The fraction of sp³-hybridized carbons (Fsp3) is 0.286. The molecule has 1 amide bonds. The summed E-state index contributed by atoms with van der Waals surface area (Å²) in [6.07, 6.45) is 1.64. The van der Waals surface area contributed by atoms with Crippen molar-refractivity contribution in [3.8, 4) is 0 Å². The van der Waals surface area contributed by atoms with Gasteiger partial charge in [-0.15, -0.1) is 0 Å².